The van der Waals surface area contributed by atoms with Crippen LogP contribution < -0.4 is 0 Å². The molecule has 2 aromatic rings. The summed E-state index contributed by atoms with van der Waals surface area (Å²) < 4.78 is 5.07. The van der Waals surface area contributed by atoms with Gasteiger partial charge in [0.1, 0.15) is 5.69 Å². The molecule has 0 saturated heterocycles. The Morgan fingerprint density at radius 2 is 2.08 bits per heavy atom. The molecule has 13 heavy (non-hydrogen) atoms. The highest BCUT2D eigenvalue weighted by molar-refractivity contribution is 5.81. The van der Waals surface area contributed by atoms with Gasteiger partial charge in [0.2, 0.25) is 0 Å². The maximum atomic E-state index is 10.5. The number of pyridine rings is 1. The van der Waals surface area contributed by atoms with Gasteiger partial charge in [0.05, 0.1) is 0 Å². The molecule has 0 saturated carbocycles. The summed E-state index contributed by atoms with van der Waals surface area (Å²) in [6.45, 7) is 0. The second-order valence-electron chi connectivity index (χ2n) is 2.42. The molecule has 0 spiro atoms. The van der Waals surface area contributed by atoms with Crippen LogP contribution in [0, 0.1) is 0 Å². The van der Waals surface area contributed by atoms with Crippen LogP contribution >= 0.6 is 0 Å². The van der Waals surface area contributed by atoms with Gasteiger partial charge in [-0.3, -0.25) is 9.78 Å². The number of carbonyl (C=O) groups is 1. The first kappa shape index (κ1) is 7.67. The van der Waals surface area contributed by atoms with Crippen molar-refractivity contribution in [3.8, 4) is 11.3 Å². The van der Waals surface area contributed by atoms with E-state index in [-0.39, 0.29) is 0 Å². The van der Waals surface area contributed by atoms with Gasteiger partial charge in [0.15, 0.2) is 18.4 Å². The number of hydrogen-bond acceptors (Lipinski definition) is 4. The van der Waals surface area contributed by atoms with Crippen LogP contribution in [0.2, 0.25) is 0 Å². The Morgan fingerprint density at radius 1 is 1.31 bits per heavy atom. The van der Waals surface area contributed by atoms with Crippen molar-refractivity contribution in [2.24, 2.45) is 0 Å². The molecular weight excluding hydrogens is 168 g/mol. The molecule has 0 fully saturated rings. The predicted molar refractivity (Wildman–Crippen MR) is 45.1 cm³/mol. The number of aromatic nitrogens is 2. The Balaban J connectivity index is 2.52. The van der Waals surface area contributed by atoms with Crippen LogP contribution in [0.25, 0.3) is 11.3 Å². The third-order valence-electron chi connectivity index (χ3n) is 1.65. The highest BCUT2D eigenvalue weighted by Crippen LogP contribution is 2.20. The number of hydrogen-bond donors (Lipinski definition) is 0. The summed E-state index contributed by atoms with van der Waals surface area (Å²) in [4.78, 5) is 18.1. The third-order valence-corrected chi connectivity index (χ3v) is 1.65. The van der Waals surface area contributed by atoms with Crippen LogP contribution in [0.1, 0.15) is 10.5 Å². The molecule has 0 aromatic carbocycles. The third kappa shape index (κ3) is 1.33. The molecule has 2 rings (SSSR count). The molecule has 4 nitrogen and oxygen atoms in total. The van der Waals surface area contributed by atoms with Crippen molar-refractivity contribution in [1.29, 1.82) is 0 Å². The Bertz CT molecular complexity index is 409. The lowest BCUT2D eigenvalue weighted by atomic mass is 10.2. The molecule has 2 heterocycles. The Hall–Kier alpha value is -1.97. The first-order valence-corrected chi connectivity index (χ1v) is 3.71. The molecule has 0 aliphatic heterocycles. The summed E-state index contributed by atoms with van der Waals surface area (Å²) in [5, 5.41) is 0. The van der Waals surface area contributed by atoms with Gasteiger partial charge in [-0.05, 0) is 12.1 Å². The second-order valence-corrected chi connectivity index (χ2v) is 2.42. The van der Waals surface area contributed by atoms with Crippen LogP contribution in [0.3, 0.4) is 0 Å². The van der Waals surface area contributed by atoms with E-state index in [9.17, 15) is 4.79 Å². The maximum absolute atomic E-state index is 10.5. The lowest BCUT2D eigenvalue weighted by molar-refractivity contribution is 0.112. The average molecular weight is 174 g/mol. The van der Waals surface area contributed by atoms with Gasteiger partial charge in [-0.1, -0.05) is 0 Å². The normalized spacial score (nSPS) is 9.85. The van der Waals surface area contributed by atoms with Gasteiger partial charge in [0.25, 0.3) is 0 Å². The summed E-state index contributed by atoms with van der Waals surface area (Å²) in [6, 6.07) is 3.51. The number of rotatable bonds is 2. The zero-order valence-electron chi connectivity index (χ0n) is 6.68. The highest BCUT2D eigenvalue weighted by atomic mass is 16.3. The van der Waals surface area contributed by atoms with Gasteiger partial charge in [0, 0.05) is 18.0 Å². The Morgan fingerprint density at radius 3 is 2.77 bits per heavy atom. The SMILES string of the molecule is O=Cc1ncoc1-c1ccncc1. The van der Waals surface area contributed by atoms with Crippen molar-refractivity contribution in [1.82, 2.24) is 9.97 Å². The highest BCUT2D eigenvalue weighted by Gasteiger charge is 2.08. The van der Waals surface area contributed by atoms with Gasteiger partial charge >= 0.3 is 0 Å². The summed E-state index contributed by atoms with van der Waals surface area (Å²) in [7, 11) is 0. The fourth-order valence-corrected chi connectivity index (χ4v) is 1.06. The molecule has 0 bridgehead atoms. The van der Waals surface area contributed by atoms with E-state index in [0.29, 0.717) is 17.7 Å². The molecule has 0 aliphatic carbocycles. The van der Waals surface area contributed by atoms with Crippen LogP contribution in [0.5, 0.6) is 0 Å². The molecule has 0 atom stereocenters. The molecule has 0 aliphatic rings. The lowest BCUT2D eigenvalue weighted by Gasteiger charge is -1.93. The van der Waals surface area contributed by atoms with Gasteiger partial charge in [-0.2, -0.15) is 0 Å². The van der Waals surface area contributed by atoms with E-state index in [1.807, 2.05) is 0 Å². The summed E-state index contributed by atoms with van der Waals surface area (Å²) in [6.07, 6.45) is 5.18. The molecule has 0 radical (unpaired) electrons. The van der Waals surface area contributed by atoms with Gasteiger partial charge in [-0.15, -0.1) is 0 Å². The molecular formula is C9H6N2O2. The minimum absolute atomic E-state index is 0.311. The minimum Gasteiger partial charge on any atom is -0.443 e. The fourth-order valence-electron chi connectivity index (χ4n) is 1.06. The number of aldehydes is 1. The molecule has 0 amide bonds. The predicted octanol–water partition coefficient (Wildman–Crippen LogP) is 1.55. The Labute approximate surface area is 74.2 Å². The summed E-state index contributed by atoms with van der Waals surface area (Å²) in [5.41, 5.74) is 1.11. The van der Waals surface area contributed by atoms with Crippen molar-refractivity contribution < 1.29 is 9.21 Å². The van der Waals surface area contributed by atoms with Crippen LogP contribution in [0.4, 0.5) is 0 Å². The van der Waals surface area contributed by atoms with Gasteiger partial charge < -0.3 is 4.42 Å². The number of oxazole rings is 1. The van der Waals surface area contributed by atoms with Crippen molar-refractivity contribution in [3.05, 3.63) is 36.6 Å². The van der Waals surface area contributed by atoms with Crippen LogP contribution in [-0.2, 0) is 0 Å². The van der Waals surface area contributed by atoms with E-state index >= 15 is 0 Å². The van der Waals surface area contributed by atoms with E-state index in [0.717, 1.165) is 5.56 Å². The van der Waals surface area contributed by atoms with Crippen LogP contribution in [0.15, 0.2) is 35.3 Å². The van der Waals surface area contributed by atoms with Crippen LogP contribution in [-0.4, -0.2) is 16.3 Å². The number of nitrogens with zero attached hydrogens (tertiary/aromatic N) is 2. The largest absolute Gasteiger partial charge is 0.443 e. The van der Waals surface area contributed by atoms with E-state index < -0.39 is 0 Å². The standard InChI is InChI=1S/C9H6N2O2/c12-5-8-9(13-6-11-8)7-1-3-10-4-2-7/h1-6H. The monoisotopic (exact) mass is 174 g/mol. The Kier molecular flexibility index (Phi) is 1.88. The van der Waals surface area contributed by atoms with Gasteiger partial charge in [-0.25, -0.2) is 4.98 Å². The summed E-state index contributed by atoms with van der Waals surface area (Å²) in [5.74, 6) is 0.484. The topological polar surface area (TPSA) is 56.0 Å². The maximum Gasteiger partial charge on any atom is 0.182 e. The molecule has 4 heteroatoms. The zero-order chi connectivity index (χ0) is 9.10. The zero-order valence-corrected chi connectivity index (χ0v) is 6.68. The molecule has 0 N–H and O–H groups in total. The smallest absolute Gasteiger partial charge is 0.182 e. The van der Waals surface area contributed by atoms with E-state index in [2.05, 4.69) is 9.97 Å². The second kappa shape index (κ2) is 3.18. The quantitative estimate of drug-likeness (QED) is 0.648. The molecule has 0 unspecified atom stereocenters. The molecule has 2 aromatic heterocycles. The first-order valence-electron chi connectivity index (χ1n) is 3.71. The van der Waals surface area contributed by atoms with E-state index in [1.165, 1.54) is 6.39 Å². The van der Waals surface area contributed by atoms with Crippen molar-refractivity contribution in [3.63, 3.8) is 0 Å². The van der Waals surface area contributed by atoms with E-state index in [4.69, 9.17) is 4.42 Å². The fraction of sp³-hybridized carbons (Fsp3) is 0. The number of carbonyl (C=O) groups excluding carboxylic acids is 1. The summed E-state index contributed by atoms with van der Waals surface area (Å²) >= 11 is 0. The van der Waals surface area contributed by atoms with E-state index in [1.54, 1.807) is 24.5 Å². The first-order chi connectivity index (χ1) is 6.42. The molecule has 64 valence electrons. The van der Waals surface area contributed by atoms with Crippen molar-refractivity contribution in [2.75, 3.05) is 0 Å². The lowest BCUT2D eigenvalue weighted by Crippen LogP contribution is -1.83. The average Bonchev–Trinajstić information content (AvgIpc) is 2.67. The van der Waals surface area contributed by atoms with Crippen molar-refractivity contribution >= 4 is 6.29 Å². The van der Waals surface area contributed by atoms with Crippen molar-refractivity contribution in [2.45, 2.75) is 0 Å². The minimum atomic E-state index is 0.311.